The quantitative estimate of drug-likeness (QED) is 0.453. The molecule has 0 saturated carbocycles. The number of benzene rings is 1. The van der Waals surface area contributed by atoms with Crippen molar-refractivity contribution in [2.45, 2.75) is 0 Å². The topological polar surface area (TPSA) is 62.0 Å². The first-order valence-corrected chi connectivity index (χ1v) is 6.20. The van der Waals surface area contributed by atoms with E-state index in [1.807, 2.05) is 39.2 Å². The summed E-state index contributed by atoms with van der Waals surface area (Å²) in [6.45, 7) is 0.733. The van der Waals surface area contributed by atoms with Gasteiger partial charge >= 0.3 is 0 Å². The molecular weight excluding hydrogens is 256 g/mol. The summed E-state index contributed by atoms with van der Waals surface area (Å²) in [7, 11) is 7.65. The number of nitrogens with zero attached hydrogens (tertiary/aromatic N) is 4. The second-order valence-corrected chi connectivity index (χ2v) is 4.85. The Morgan fingerprint density at radius 2 is 1.85 bits per heavy atom. The predicted octanol–water partition coefficient (Wildman–Crippen LogP) is 2.09. The molecule has 6 heteroatoms. The fourth-order valence-corrected chi connectivity index (χ4v) is 1.63. The monoisotopic (exact) mass is 276 g/mol. The van der Waals surface area contributed by atoms with Gasteiger partial charge in [0.1, 0.15) is 0 Å². The zero-order valence-electron chi connectivity index (χ0n) is 12.3. The van der Waals surface area contributed by atoms with Crippen LogP contribution < -0.4 is 0 Å². The van der Waals surface area contributed by atoms with Gasteiger partial charge in [0.2, 0.25) is 0 Å². The van der Waals surface area contributed by atoms with Crippen LogP contribution in [0, 0.1) is 10.1 Å². The molecule has 0 aliphatic heterocycles. The SMILES string of the molecule is CN(C)C/C(=C/C=N\N(C)C)c1ccc([N+](=O)[O-])cc1. The van der Waals surface area contributed by atoms with E-state index in [9.17, 15) is 10.1 Å². The van der Waals surface area contributed by atoms with Crippen LogP contribution in [0.5, 0.6) is 0 Å². The zero-order valence-corrected chi connectivity index (χ0v) is 12.3. The molecule has 0 aromatic heterocycles. The fourth-order valence-electron chi connectivity index (χ4n) is 1.63. The first-order chi connectivity index (χ1) is 9.40. The lowest BCUT2D eigenvalue weighted by molar-refractivity contribution is -0.384. The average molecular weight is 276 g/mol. The summed E-state index contributed by atoms with van der Waals surface area (Å²) in [6.07, 6.45) is 3.64. The number of hydrazone groups is 1. The smallest absolute Gasteiger partial charge is 0.269 e. The van der Waals surface area contributed by atoms with Crippen LogP contribution in [0.25, 0.3) is 5.57 Å². The van der Waals surface area contributed by atoms with E-state index in [1.165, 1.54) is 12.1 Å². The number of allylic oxidation sites excluding steroid dienone is 1. The molecule has 0 radical (unpaired) electrons. The number of hydrogen-bond acceptors (Lipinski definition) is 5. The summed E-state index contributed by atoms with van der Waals surface area (Å²) in [5, 5.41) is 16.5. The summed E-state index contributed by atoms with van der Waals surface area (Å²) in [5.41, 5.74) is 2.10. The Labute approximate surface area is 119 Å². The third-order valence-electron chi connectivity index (χ3n) is 2.51. The first kappa shape index (κ1) is 15.8. The molecule has 0 amide bonds. The average Bonchev–Trinajstić information content (AvgIpc) is 2.37. The van der Waals surface area contributed by atoms with Gasteiger partial charge < -0.3 is 9.91 Å². The van der Waals surface area contributed by atoms with Crippen molar-refractivity contribution in [3.8, 4) is 0 Å². The standard InChI is InChI=1S/C14H20N4O2/c1-16(2)11-13(9-10-15-17(3)4)12-5-7-14(8-6-12)18(19)20/h5-10H,11H2,1-4H3/b13-9-,15-10-. The van der Waals surface area contributed by atoms with Gasteiger partial charge in [-0.05, 0) is 43.4 Å². The number of hydrogen-bond donors (Lipinski definition) is 0. The van der Waals surface area contributed by atoms with Crippen molar-refractivity contribution in [1.82, 2.24) is 9.91 Å². The Kier molecular flexibility index (Phi) is 5.86. The van der Waals surface area contributed by atoms with Gasteiger partial charge in [-0.15, -0.1) is 0 Å². The number of likely N-dealkylation sites (N-methyl/N-ethyl adjacent to an activating group) is 1. The van der Waals surface area contributed by atoms with Gasteiger partial charge in [-0.1, -0.05) is 0 Å². The molecule has 0 aliphatic rings. The van der Waals surface area contributed by atoms with Crippen molar-refractivity contribution >= 4 is 17.5 Å². The first-order valence-electron chi connectivity index (χ1n) is 6.20. The Morgan fingerprint density at radius 3 is 2.30 bits per heavy atom. The molecular formula is C14H20N4O2. The number of nitro benzene ring substituents is 1. The highest BCUT2D eigenvalue weighted by Crippen LogP contribution is 2.19. The lowest BCUT2D eigenvalue weighted by Gasteiger charge is -2.13. The van der Waals surface area contributed by atoms with Crippen molar-refractivity contribution in [3.05, 3.63) is 46.0 Å². The molecule has 0 atom stereocenters. The Bertz CT molecular complexity index is 504. The van der Waals surface area contributed by atoms with Crippen molar-refractivity contribution in [2.24, 2.45) is 5.10 Å². The minimum Gasteiger partial charge on any atom is -0.305 e. The molecule has 0 spiro atoms. The van der Waals surface area contributed by atoms with Crippen molar-refractivity contribution in [1.29, 1.82) is 0 Å². The minimum absolute atomic E-state index is 0.0971. The maximum Gasteiger partial charge on any atom is 0.269 e. The lowest BCUT2D eigenvalue weighted by Crippen LogP contribution is -2.14. The van der Waals surface area contributed by atoms with Gasteiger partial charge in [-0.3, -0.25) is 10.1 Å². The molecule has 0 N–H and O–H groups in total. The maximum absolute atomic E-state index is 10.7. The number of rotatable bonds is 6. The van der Waals surface area contributed by atoms with Crippen LogP contribution >= 0.6 is 0 Å². The van der Waals surface area contributed by atoms with E-state index in [0.29, 0.717) is 0 Å². The van der Waals surface area contributed by atoms with Crippen LogP contribution in [-0.4, -0.2) is 55.8 Å². The summed E-state index contributed by atoms with van der Waals surface area (Å²) < 4.78 is 0. The van der Waals surface area contributed by atoms with Gasteiger partial charge in [0.05, 0.1) is 4.92 Å². The molecule has 0 bridgehead atoms. The van der Waals surface area contributed by atoms with Crippen LogP contribution in [-0.2, 0) is 0 Å². The molecule has 1 aromatic rings. The summed E-state index contributed by atoms with van der Waals surface area (Å²) in [5.74, 6) is 0. The van der Waals surface area contributed by atoms with Crippen LogP contribution in [0.1, 0.15) is 5.56 Å². The summed E-state index contributed by atoms with van der Waals surface area (Å²) in [6, 6.07) is 6.55. The molecule has 108 valence electrons. The highest BCUT2D eigenvalue weighted by molar-refractivity contribution is 5.85. The van der Waals surface area contributed by atoms with E-state index in [4.69, 9.17) is 0 Å². The van der Waals surface area contributed by atoms with E-state index in [-0.39, 0.29) is 5.69 Å². The van der Waals surface area contributed by atoms with Crippen LogP contribution in [0.3, 0.4) is 0 Å². The molecule has 20 heavy (non-hydrogen) atoms. The second-order valence-electron chi connectivity index (χ2n) is 4.85. The van der Waals surface area contributed by atoms with E-state index >= 15 is 0 Å². The largest absolute Gasteiger partial charge is 0.305 e. The van der Waals surface area contributed by atoms with E-state index in [0.717, 1.165) is 17.7 Å². The van der Waals surface area contributed by atoms with Gasteiger partial charge in [-0.2, -0.15) is 5.10 Å². The number of nitro groups is 1. The summed E-state index contributed by atoms with van der Waals surface area (Å²) >= 11 is 0. The molecule has 0 saturated heterocycles. The van der Waals surface area contributed by atoms with Crippen molar-refractivity contribution in [3.63, 3.8) is 0 Å². The van der Waals surface area contributed by atoms with Gasteiger partial charge in [0.25, 0.3) is 5.69 Å². The fraction of sp³-hybridized carbons (Fsp3) is 0.357. The second kappa shape index (κ2) is 7.40. The molecule has 0 heterocycles. The Morgan fingerprint density at radius 1 is 1.25 bits per heavy atom. The molecule has 1 rings (SSSR count). The van der Waals surface area contributed by atoms with Crippen LogP contribution in [0.15, 0.2) is 35.4 Å². The van der Waals surface area contributed by atoms with E-state index in [2.05, 4.69) is 5.10 Å². The van der Waals surface area contributed by atoms with Gasteiger partial charge in [0.15, 0.2) is 0 Å². The minimum atomic E-state index is -0.396. The van der Waals surface area contributed by atoms with E-state index in [1.54, 1.807) is 23.4 Å². The third kappa shape index (κ3) is 5.19. The third-order valence-corrected chi connectivity index (χ3v) is 2.51. The predicted molar refractivity (Wildman–Crippen MR) is 81.8 cm³/mol. The molecule has 0 aliphatic carbocycles. The zero-order chi connectivity index (χ0) is 15.1. The summed E-state index contributed by atoms with van der Waals surface area (Å²) in [4.78, 5) is 12.3. The van der Waals surface area contributed by atoms with Crippen LogP contribution in [0.4, 0.5) is 5.69 Å². The van der Waals surface area contributed by atoms with Crippen LogP contribution in [0.2, 0.25) is 0 Å². The molecule has 6 nitrogen and oxygen atoms in total. The van der Waals surface area contributed by atoms with Gasteiger partial charge in [-0.25, -0.2) is 0 Å². The Balaban J connectivity index is 3.01. The lowest BCUT2D eigenvalue weighted by atomic mass is 10.0. The van der Waals surface area contributed by atoms with Crippen molar-refractivity contribution < 1.29 is 4.92 Å². The normalized spacial score (nSPS) is 12.2. The molecule has 1 aromatic carbocycles. The molecule has 0 unspecified atom stereocenters. The van der Waals surface area contributed by atoms with Gasteiger partial charge in [0, 0.05) is 39.0 Å². The van der Waals surface area contributed by atoms with Crippen molar-refractivity contribution in [2.75, 3.05) is 34.7 Å². The molecule has 0 fully saturated rings. The maximum atomic E-state index is 10.7. The Hall–Kier alpha value is -2.21. The highest BCUT2D eigenvalue weighted by Gasteiger charge is 2.07. The van der Waals surface area contributed by atoms with E-state index < -0.39 is 4.92 Å². The number of non-ortho nitro benzene ring substituents is 1. The highest BCUT2D eigenvalue weighted by atomic mass is 16.6.